The predicted molar refractivity (Wildman–Crippen MR) is 82.7 cm³/mol. The van der Waals surface area contributed by atoms with E-state index in [-0.39, 0.29) is 16.7 Å². The molecule has 0 heterocycles. The number of nitrogens with one attached hydrogen (secondary N) is 1. The summed E-state index contributed by atoms with van der Waals surface area (Å²) in [6.07, 6.45) is 3.10. The van der Waals surface area contributed by atoms with Crippen LogP contribution in [0.25, 0.3) is 0 Å². The SMILES string of the molecule is CC(=O)c1ccc(S(=O)(=O)N[C@H]2CCC[C@H](C)[C@H]2C)cc1. The Morgan fingerprint density at radius 1 is 1.14 bits per heavy atom. The predicted octanol–water partition coefficient (Wildman–Crippen LogP) is 2.99. The number of ketones is 1. The Balaban J connectivity index is 2.16. The fourth-order valence-corrected chi connectivity index (χ4v) is 4.25. The molecule has 2 rings (SSSR count). The molecule has 4 nitrogen and oxygen atoms in total. The van der Waals surface area contributed by atoms with E-state index in [0.717, 1.165) is 19.3 Å². The van der Waals surface area contributed by atoms with Crippen molar-refractivity contribution in [3.63, 3.8) is 0 Å². The molecule has 5 heteroatoms. The van der Waals surface area contributed by atoms with Gasteiger partial charge in [0.2, 0.25) is 10.0 Å². The maximum absolute atomic E-state index is 12.4. The third-order valence-corrected chi connectivity index (χ3v) is 6.09. The molecule has 0 spiro atoms. The second-order valence-electron chi connectivity index (χ2n) is 6.08. The van der Waals surface area contributed by atoms with Gasteiger partial charge in [-0.05, 0) is 37.3 Å². The van der Waals surface area contributed by atoms with Crippen molar-refractivity contribution in [1.82, 2.24) is 4.72 Å². The Morgan fingerprint density at radius 2 is 1.76 bits per heavy atom. The minimum absolute atomic E-state index is 0.00812. The normalized spacial score (nSPS) is 26.5. The van der Waals surface area contributed by atoms with Gasteiger partial charge >= 0.3 is 0 Å². The molecule has 21 heavy (non-hydrogen) atoms. The number of Topliss-reactive ketones (excluding diaryl/α,β-unsaturated/α-hetero) is 1. The fourth-order valence-electron chi connectivity index (χ4n) is 2.88. The second kappa shape index (κ2) is 6.28. The molecule has 0 saturated heterocycles. The highest BCUT2D eigenvalue weighted by molar-refractivity contribution is 7.89. The van der Waals surface area contributed by atoms with E-state index in [4.69, 9.17) is 0 Å². The van der Waals surface area contributed by atoms with Crippen molar-refractivity contribution in [1.29, 1.82) is 0 Å². The number of hydrogen-bond donors (Lipinski definition) is 1. The zero-order valence-electron chi connectivity index (χ0n) is 12.8. The molecule has 0 bridgehead atoms. The molecule has 3 atom stereocenters. The Bertz CT molecular complexity index is 607. The van der Waals surface area contributed by atoms with Crippen LogP contribution in [-0.4, -0.2) is 20.2 Å². The largest absolute Gasteiger partial charge is 0.295 e. The smallest absolute Gasteiger partial charge is 0.240 e. The van der Waals surface area contributed by atoms with Crippen LogP contribution >= 0.6 is 0 Å². The second-order valence-corrected chi connectivity index (χ2v) is 7.79. The van der Waals surface area contributed by atoms with Crippen LogP contribution in [0.4, 0.5) is 0 Å². The molecule has 1 saturated carbocycles. The van der Waals surface area contributed by atoms with Crippen LogP contribution in [0.15, 0.2) is 29.2 Å². The van der Waals surface area contributed by atoms with E-state index in [9.17, 15) is 13.2 Å². The van der Waals surface area contributed by atoms with Gasteiger partial charge in [-0.1, -0.05) is 38.8 Å². The van der Waals surface area contributed by atoms with Crippen LogP contribution in [-0.2, 0) is 10.0 Å². The highest BCUT2D eigenvalue weighted by Crippen LogP contribution is 2.30. The van der Waals surface area contributed by atoms with Crippen LogP contribution in [0.5, 0.6) is 0 Å². The van der Waals surface area contributed by atoms with E-state index < -0.39 is 10.0 Å². The quantitative estimate of drug-likeness (QED) is 0.870. The molecule has 1 aromatic rings. The van der Waals surface area contributed by atoms with Gasteiger partial charge in [0, 0.05) is 11.6 Å². The number of carbonyl (C=O) groups excluding carboxylic acids is 1. The van der Waals surface area contributed by atoms with Gasteiger partial charge in [-0.3, -0.25) is 4.79 Å². The number of sulfonamides is 1. The van der Waals surface area contributed by atoms with Gasteiger partial charge in [0.05, 0.1) is 4.90 Å². The molecule has 1 aliphatic rings. The van der Waals surface area contributed by atoms with E-state index in [0.29, 0.717) is 17.4 Å². The van der Waals surface area contributed by atoms with Gasteiger partial charge in [0.25, 0.3) is 0 Å². The fraction of sp³-hybridized carbons (Fsp3) is 0.562. The third kappa shape index (κ3) is 3.71. The van der Waals surface area contributed by atoms with Crippen molar-refractivity contribution in [2.24, 2.45) is 11.8 Å². The lowest BCUT2D eigenvalue weighted by molar-refractivity contribution is 0.101. The van der Waals surface area contributed by atoms with Crippen molar-refractivity contribution < 1.29 is 13.2 Å². The first-order valence-electron chi connectivity index (χ1n) is 7.44. The Kier molecular flexibility index (Phi) is 4.84. The molecule has 0 amide bonds. The van der Waals surface area contributed by atoms with Gasteiger partial charge < -0.3 is 0 Å². The maximum atomic E-state index is 12.4. The van der Waals surface area contributed by atoms with Gasteiger partial charge in [-0.2, -0.15) is 0 Å². The van der Waals surface area contributed by atoms with E-state index in [1.165, 1.54) is 19.1 Å². The van der Waals surface area contributed by atoms with Crippen LogP contribution in [0, 0.1) is 11.8 Å². The number of rotatable bonds is 4. The van der Waals surface area contributed by atoms with Crippen molar-refractivity contribution in [3.8, 4) is 0 Å². The molecule has 0 aliphatic heterocycles. The molecule has 116 valence electrons. The van der Waals surface area contributed by atoms with E-state index in [1.54, 1.807) is 12.1 Å². The molecule has 1 N–H and O–H groups in total. The van der Waals surface area contributed by atoms with Crippen LogP contribution in [0.3, 0.4) is 0 Å². The third-order valence-electron chi connectivity index (χ3n) is 4.58. The number of benzene rings is 1. The minimum atomic E-state index is -3.52. The van der Waals surface area contributed by atoms with Gasteiger partial charge in [0.15, 0.2) is 5.78 Å². The molecule has 1 aliphatic carbocycles. The van der Waals surface area contributed by atoms with E-state index >= 15 is 0 Å². The summed E-state index contributed by atoms with van der Waals surface area (Å²) in [7, 11) is -3.52. The standard InChI is InChI=1S/C16H23NO3S/c1-11-5-4-6-16(12(11)2)17-21(19,20)15-9-7-14(8-10-15)13(3)18/h7-12,16-17H,4-6H2,1-3H3/t11-,12+,16-/m0/s1. The molecule has 1 fully saturated rings. The Labute approximate surface area is 127 Å². The summed E-state index contributed by atoms with van der Waals surface area (Å²) in [6, 6.07) is 6.10. The summed E-state index contributed by atoms with van der Waals surface area (Å²) in [5, 5.41) is 0. The first-order chi connectivity index (χ1) is 9.81. The lowest BCUT2D eigenvalue weighted by atomic mass is 9.78. The van der Waals surface area contributed by atoms with Crippen molar-refractivity contribution in [2.45, 2.75) is 51.0 Å². The molecular formula is C16H23NO3S. The first-order valence-corrected chi connectivity index (χ1v) is 8.93. The van der Waals surface area contributed by atoms with Crippen LogP contribution in [0.2, 0.25) is 0 Å². The van der Waals surface area contributed by atoms with Crippen molar-refractivity contribution >= 4 is 15.8 Å². The summed E-state index contributed by atoms with van der Waals surface area (Å²) in [5.41, 5.74) is 0.522. The van der Waals surface area contributed by atoms with Crippen LogP contribution in [0.1, 0.15) is 50.4 Å². The van der Waals surface area contributed by atoms with Crippen molar-refractivity contribution in [2.75, 3.05) is 0 Å². The summed E-state index contributed by atoms with van der Waals surface area (Å²) in [5.74, 6) is 0.804. The average Bonchev–Trinajstić information content (AvgIpc) is 2.44. The Morgan fingerprint density at radius 3 is 2.33 bits per heavy atom. The lowest BCUT2D eigenvalue weighted by Crippen LogP contribution is -2.43. The summed E-state index contributed by atoms with van der Waals surface area (Å²) in [4.78, 5) is 11.5. The van der Waals surface area contributed by atoms with Gasteiger partial charge in [0.1, 0.15) is 0 Å². The average molecular weight is 309 g/mol. The molecular weight excluding hydrogens is 286 g/mol. The molecule has 0 aromatic heterocycles. The minimum Gasteiger partial charge on any atom is -0.295 e. The highest BCUT2D eigenvalue weighted by Gasteiger charge is 2.30. The summed E-state index contributed by atoms with van der Waals surface area (Å²) in [6.45, 7) is 5.75. The molecule has 1 aromatic carbocycles. The molecule has 0 radical (unpaired) electrons. The zero-order valence-corrected chi connectivity index (χ0v) is 13.6. The molecule has 0 unspecified atom stereocenters. The van der Waals surface area contributed by atoms with Crippen molar-refractivity contribution in [3.05, 3.63) is 29.8 Å². The zero-order chi connectivity index (χ0) is 15.6. The Hall–Kier alpha value is -1.20. The first kappa shape index (κ1) is 16.2. The maximum Gasteiger partial charge on any atom is 0.240 e. The van der Waals surface area contributed by atoms with Gasteiger partial charge in [-0.25, -0.2) is 13.1 Å². The van der Waals surface area contributed by atoms with Gasteiger partial charge in [-0.15, -0.1) is 0 Å². The van der Waals surface area contributed by atoms with E-state index in [2.05, 4.69) is 18.6 Å². The topological polar surface area (TPSA) is 63.2 Å². The summed E-state index contributed by atoms with van der Waals surface area (Å²) >= 11 is 0. The van der Waals surface area contributed by atoms with E-state index in [1.807, 2.05) is 0 Å². The monoisotopic (exact) mass is 309 g/mol. The number of hydrogen-bond acceptors (Lipinski definition) is 3. The number of carbonyl (C=O) groups is 1. The lowest BCUT2D eigenvalue weighted by Gasteiger charge is -2.34. The van der Waals surface area contributed by atoms with Crippen LogP contribution < -0.4 is 4.72 Å². The highest BCUT2D eigenvalue weighted by atomic mass is 32.2. The summed E-state index contributed by atoms with van der Waals surface area (Å²) < 4.78 is 27.7.